The van der Waals surface area contributed by atoms with Gasteiger partial charge in [-0.05, 0) is 24.5 Å². The first-order valence-corrected chi connectivity index (χ1v) is 9.60. The molecule has 0 radical (unpaired) electrons. The highest BCUT2D eigenvalue weighted by Crippen LogP contribution is 2.38. The Bertz CT molecular complexity index is 1120. The average Bonchev–Trinajstić information content (AvgIpc) is 3.09. The maximum absolute atomic E-state index is 12.9. The minimum absolute atomic E-state index is 0. The van der Waals surface area contributed by atoms with Crippen LogP contribution in [-0.2, 0) is 7.05 Å². The fourth-order valence-electron chi connectivity index (χ4n) is 4.67. The molecule has 2 N–H and O–H groups in total. The number of piperidine rings is 1. The van der Waals surface area contributed by atoms with Gasteiger partial charge in [-0.3, -0.25) is 9.59 Å². The van der Waals surface area contributed by atoms with Gasteiger partial charge >= 0.3 is 0 Å². The predicted octanol–water partition coefficient (Wildman–Crippen LogP) is 1.23. The molecule has 1 saturated heterocycles. The lowest BCUT2D eigenvalue weighted by molar-refractivity contribution is 0.0933. The molecule has 0 unspecified atom stereocenters. The number of imidazole rings is 1. The van der Waals surface area contributed by atoms with Gasteiger partial charge < -0.3 is 19.8 Å². The Hall–Kier alpha value is -2.71. The number of hydrogen-bond acceptors (Lipinski definition) is 5. The highest BCUT2D eigenvalue weighted by molar-refractivity contribution is 6.03. The lowest BCUT2D eigenvalue weighted by Gasteiger charge is -2.43. The summed E-state index contributed by atoms with van der Waals surface area (Å²) < 4.78 is 3.68. The molecule has 0 aromatic carbocycles. The number of aryl methyl sites for hydroxylation is 1. The van der Waals surface area contributed by atoms with Crippen molar-refractivity contribution in [1.82, 2.24) is 29.7 Å². The molecule has 2 aliphatic rings. The Morgan fingerprint density at radius 3 is 3.00 bits per heavy atom. The van der Waals surface area contributed by atoms with E-state index in [-0.39, 0.29) is 29.9 Å². The Morgan fingerprint density at radius 2 is 2.14 bits per heavy atom. The number of nitrogens with one attached hydrogen (secondary N) is 2. The van der Waals surface area contributed by atoms with Gasteiger partial charge in [0.15, 0.2) is 5.65 Å². The number of pyridine rings is 2. The van der Waals surface area contributed by atoms with Gasteiger partial charge in [0.2, 0.25) is 0 Å². The smallest absolute Gasteiger partial charge is 0.253 e. The van der Waals surface area contributed by atoms with Gasteiger partial charge in [-0.15, -0.1) is 12.4 Å². The number of hydrogen-bond donors (Lipinski definition) is 2. The molecule has 8 nitrogen and oxygen atoms in total. The lowest BCUT2D eigenvalue weighted by atomic mass is 9.79. The normalized spacial score (nSPS) is 22.6. The molecular formula is C20H23ClN6O2. The highest BCUT2D eigenvalue weighted by Gasteiger charge is 2.37. The van der Waals surface area contributed by atoms with Crippen LogP contribution >= 0.6 is 12.4 Å². The van der Waals surface area contributed by atoms with E-state index < -0.39 is 0 Å². The quantitative estimate of drug-likeness (QED) is 0.672. The molecular weight excluding hydrogens is 392 g/mol. The number of aromatic nitrogens is 4. The molecule has 5 rings (SSSR count). The van der Waals surface area contributed by atoms with Crippen molar-refractivity contribution < 1.29 is 4.79 Å². The zero-order valence-corrected chi connectivity index (χ0v) is 16.9. The number of carbonyl (C=O) groups is 1. The van der Waals surface area contributed by atoms with Crippen molar-refractivity contribution in [2.75, 3.05) is 19.6 Å². The Morgan fingerprint density at radius 1 is 1.28 bits per heavy atom. The van der Waals surface area contributed by atoms with E-state index in [1.54, 1.807) is 29.2 Å². The first-order valence-electron chi connectivity index (χ1n) is 9.60. The zero-order chi connectivity index (χ0) is 19.3. The van der Waals surface area contributed by atoms with Crippen molar-refractivity contribution in [2.45, 2.75) is 18.4 Å². The maximum Gasteiger partial charge on any atom is 0.253 e. The van der Waals surface area contributed by atoms with Crippen molar-refractivity contribution in [3.8, 4) is 0 Å². The fourth-order valence-corrected chi connectivity index (χ4v) is 4.67. The third-order valence-corrected chi connectivity index (χ3v) is 6.02. The van der Waals surface area contributed by atoms with E-state index in [4.69, 9.17) is 0 Å². The highest BCUT2D eigenvalue weighted by atomic mass is 35.5. The van der Waals surface area contributed by atoms with Crippen LogP contribution in [0.4, 0.5) is 0 Å². The minimum Gasteiger partial charge on any atom is -0.350 e. The number of halogens is 1. The van der Waals surface area contributed by atoms with Crippen molar-refractivity contribution in [2.24, 2.45) is 13.0 Å². The molecule has 1 fully saturated rings. The first kappa shape index (κ1) is 19.6. The van der Waals surface area contributed by atoms with Crippen LogP contribution in [0.2, 0.25) is 0 Å². The summed E-state index contributed by atoms with van der Waals surface area (Å²) in [5.74, 6) is 0.481. The van der Waals surface area contributed by atoms with Crippen molar-refractivity contribution >= 4 is 29.5 Å². The van der Waals surface area contributed by atoms with Gasteiger partial charge in [-0.1, -0.05) is 6.07 Å². The molecule has 3 aromatic heterocycles. The molecule has 3 atom stereocenters. The molecule has 2 bridgehead atoms. The van der Waals surface area contributed by atoms with Crippen molar-refractivity contribution in [1.29, 1.82) is 0 Å². The molecule has 9 heteroatoms. The molecule has 0 saturated carbocycles. The van der Waals surface area contributed by atoms with Gasteiger partial charge in [0.25, 0.3) is 11.5 Å². The monoisotopic (exact) mass is 414 g/mol. The topological polar surface area (TPSA) is 93.8 Å². The van der Waals surface area contributed by atoms with E-state index in [9.17, 15) is 9.59 Å². The number of nitrogens with zero attached hydrogens (tertiary/aromatic N) is 4. The van der Waals surface area contributed by atoms with Gasteiger partial charge in [0.05, 0.1) is 17.9 Å². The van der Waals surface area contributed by atoms with E-state index in [0.717, 1.165) is 25.2 Å². The van der Waals surface area contributed by atoms with Crippen LogP contribution in [0.15, 0.2) is 41.6 Å². The van der Waals surface area contributed by atoms with Gasteiger partial charge in [0.1, 0.15) is 5.52 Å². The summed E-state index contributed by atoms with van der Waals surface area (Å²) in [6, 6.07) is 7.09. The summed E-state index contributed by atoms with van der Waals surface area (Å²) in [6.45, 7) is 2.16. The van der Waals surface area contributed by atoms with E-state index in [0.29, 0.717) is 35.1 Å². The third kappa shape index (κ3) is 3.22. The number of carbonyl (C=O) groups excluding carboxylic acids is 1. The van der Waals surface area contributed by atoms with Crippen LogP contribution in [0.5, 0.6) is 0 Å². The summed E-state index contributed by atoms with van der Waals surface area (Å²) in [4.78, 5) is 34.1. The molecule has 2 aliphatic heterocycles. The molecule has 0 spiro atoms. The van der Waals surface area contributed by atoms with Crippen LogP contribution in [-0.4, -0.2) is 44.6 Å². The second-order valence-corrected chi connectivity index (χ2v) is 7.67. The predicted molar refractivity (Wildman–Crippen MR) is 112 cm³/mol. The second kappa shape index (κ2) is 7.61. The summed E-state index contributed by atoms with van der Waals surface area (Å²) in [5.41, 5.74) is 2.83. The Kier molecular flexibility index (Phi) is 5.14. The summed E-state index contributed by atoms with van der Waals surface area (Å²) in [6.07, 6.45) is 4.31. The van der Waals surface area contributed by atoms with Crippen LogP contribution in [0.3, 0.4) is 0 Å². The van der Waals surface area contributed by atoms with Crippen molar-refractivity contribution in [3.05, 3.63) is 58.4 Å². The number of rotatable bonds is 3. The lowest BCUT2D eigenvalue weighted by Crippen LogP contribution is -2.50. The summed E-state index contributed by atoms with van der Waals surface area (Å²) >= 11 is 0. The molecule has 152 valence electrons. The van der Waals surface area contributed by atoms with Gasteiger partial charge in [-0.25, -0.2) is 9.97 Å². The van der Waals surface area contributed by atoms with Gasteiger partial charge in [0, 0.05) is 50.6 Å². The second-order valence-electron chi connectivity index (χ2n) is 7.67. The van der Waals surface area contributed by atoms with Crippen LogP contribution in [0, 0.1) is 5.92 Å². The zero-order valence-electron chi connectivity index (χ0n) is 16.0. The van der Waals surface area contributed by atoms with E-state index in [2.05, 4.69) is 20.6 Å². The van der Waals surface area contributed by atoms with E-state index >= 15 is 0 Å². The van der Waals surface area contributed by atoms with Gasteiger partial charge in [-0.2, -0.15) is 0 Å². The first-order chi connectivity index (χ1) is 13.6. The Balaban J connectivity index is 0.00000205. The summed E-state index contributed by atoms with van der Waals surface area (Å²) in [5, 5.41) is 6.51. The van der Waals surface area contributed by atoms with Crippen LogP contribution in [0.1, 0.15) is 34.4 Å². The van der Waals surface area contributed by atoms with Crippen LogP contribution < -0.4 is 16.2 Å². The Labute approximate surface area is 173 Å². The van der Waals surface area contributed by atoms with E-state index in [1.165, 1.54) is 0 Å². The SMILES string of the molecule is Cl.Cn1cnc2c(C(=O)NC[C@H]3[C@@H]4CNC[C@@H](C4)c4cccc(=O)n43)ccnc21. The largest absolute Gasteiger partial charge is 0.350 e. The minimum atomic E-state index is -0.192. The molecule has 1 amide bonds. The van der Waals surface area contributed by atoms with Crippen LogP contribution in [0.25, 0.3) is 11.2 Å². The average molecular weight is 415 g/mol. The molecule has 5 heterocycles. The third-order valence-electron chi connectivity index (χ3n) is 6.02. The maximum atomic E-state index is 12.9. The number of amides is 1. The standard InChI is InChI=1S/C20H22N6O2.ClH/c1-25-11-24-18-14(5-6-22-19(18)25)20(28)23-10-16-13-7-12(8-21-9-13)15-3-2-4-17(27)26(15)16;/h2-6,11-13,16,21H,7-10H2,1H3,(H,23,28);1H/t12-,13+,16+;/m1./s1. The van der Waals surface area contributed by atoms with Crippen molar-refractivity contribution in [3.63, 3.8) is 0 Å². The molecule has 0 aliphatic carbocycles. The van der Waals surface area contributed by atoms with E-state index in [1.807, 2.05) is 23.7 Å². The molecule has 29 heavy (non-hydrogen) atoms. The fraction of sp³-hybridized carbons (Fsp3) is 0.400. The molecule has 3 aromatic rings. The number of fused-ring (bicyclic) bond motifs is 5. The summed E-state index contributed by atoms with van der Waals surface area (Å²) in [7, 11) is 1.85.